The van der Waals surface area contributed by atoms with Crippen LogP contribution in [0.15, 0.2) is 59.6 Å². The van der Waals surface area contributed by atoms with Crippen LogP contribution >= 0.6 is 0 Å². The van der Waals surface area contributed by atoms with Crippen molar-refractivity contribution in [3.8, 4) is 5.69 Å². The number of aryl methyl sites for hydroxylation is 1. The molecule has 0 N–H and O–H groups in total. The SMILES string of the molecule is Cc1cn(-c2ccc(C=C3CC4(CC4)CN4C3=NN(C)CC4c3ccc(F)cc3)c3c2CC3)cn1. The first-order chi connectivity index (χ1) is 17.0. The maximum Gasteiger partial charge on any atom is 0.152 e. The van der Waals surface area contributed by atoms with Crippen LogP contribution in [0, 0.1) is 18.2 Å². The first-order valence-corrected chi connectivity index (χ1v) is 12.7. The first kappa shape index (κ1) is 20.9. The normalized spacial score (nSPS) is 23.1. The molecule has 3 heterocycles. The van der Waals surface area contributed by atoms with Gasteiger partial charge in [0.25, 0.3) is 0 Å². The second-order valence-electron chi connectivity index (χ2n) is 10.9. The van der Waals surface area contributed by atoms with Gasteiger partial charge < -0.3 is 9.47 Å². The molecule has 3 aromatic rings. The summed E-state index contributed by atoms with van der Waals surface area (Å²) in [4.78, 5) is 6.92. The van der Waals surface area contributed by atoms with Gasteiger partial charge in [0.05, 0.1) is 24.6 Å². The van der Waals surface area contributed by atoms with E-state index < -0.39 is 0 Å². The van der Waals surface area contributed by atoms with Crippen molar-refractivity contribution < 1.29 is 4.39 Å². The van der Waals surface area contributed by atoms with Crippen molar-refractivity contribution in [2.24, 2.45) is 10.5 Å². The van der Waals surface area contributed by atoms with E-state index in [0.717, 1.165) is 49.4 Å². The largest absolute Gasteiger partial charge is 0.346 e. The molecular weight excluding hydrogens is 437 g/mol. The molecule has 1 atom stereocenters. The van der Waals surface area contributed by atoms with Gasteiger partial charge in [-0.2, -0.15) is 5.10 Å². The van der Waals surface area contributed by atoms with E-state index in [1.165, 1.54) is 40.8 Å². The van der Waals surface area contributed by atoms with Crippen molar-refractivity contribution in [1.82, 2.24) is 19.5 Å². The number of hydrogen-bond acceptors (Lipinski definition) is 4. The number of halogens is 1. The minimum Gasteiger partial charge on any atom is -0.346 e. The topological polar surface area (TPSA) is 36.7 Å². The monoisotopic (exact) mass is 467 g/mol. The van der Waals surface area contributed by atoms with Crippen molar-refractivity contribution >= 4 is 11.9 Å². The number of amidine groups is 1. The minimum atomic E-state index is -0.184. The third-order valence-corrected chi connectivity index (χ3v) is 8.31. The molecule has 6 heteroatoms. The second-order valence-corrected chi connectivity index (χ2v) is 10.9. The summed E-state index contributed by atoms with van der Waals surface area (Å²) in [7, 11) is 2.05. The summed E-state index contributed by atoms with van der Waals surface area (Å²) < 4.78 is 15.8. The summed E-state index contributed by atoms with van der Waals surface area (Å²) in [6.07, 6.45) is 12.3. The zero-order valence-corrected chi connectivity index (χ0v) is 20.3. The third-order valence-electron chi connectivity index (χ3n) is 8.31. The fourth-order valence-corrected chi connectivity index (χ4v) is 6.15. The number of fused-ring (bicyclic) bond motifs is 2. The predicted octanol–water partition coefficient (Wildman–Crippen LogP) is 5.29. The van der Waals surface area contributed by atoms with Crippen molar-refractivity contribution in [1.29, 1.82) is 0 Å². The Morgan fingerprint density at radius 2 is 1.86 bits per heavy atom. The number of hydrogen-bond donors (Lipinski definition) is 0. The molecule has 7 rings (SSSR count). The number of likely N-dealkylation sites (N-methyl/N-ethyl adjacent to an activating group) is 1. The lowest BCUT2D eigenvalue weighted by atomic mass is 9.81. The van der Waals surface area contributed by atoms with E-state index >= 15 is 0 Å². The van der Waals surface area contributed by atoms with Crippen LogP contribution in [0.5, 0.6) is 0 Å². The molecule has 2 aromatic carbocycles. The molecule has 5 nitrogen and oxygen atoms in total. The van der Waals surface area contributed by atoms with Gasteiger partial charge in [0, 0.05) is 25.5 Å². The van der Waals surface area contributed by atoms with Crippen LogP contribution in [0.1, 0.15) is 53.3 Å². The van der Waals surface area contributed by atoms with Gasteiger partial charge in [-0.05, 0) is 96.5 Å². The smallest absolute Gasteiger partial charge is 0.152 e. The van der Waals surface area contributed by atoms with E-state index in [0.29, 0.717) is 5.41 Å². The summed E-state index contributed by atoms with van der Waals surface area (Å²) >= 11 is 0. The van der Waals surface area contributed by atoms with E-state index in [1.807, 2.05) is 25.4 Å². The molecule has 178 valence electrons. The van der Waals surface area contributed by atoms with E-state index in [1.54, 1.807) is 12.1 Å². The van der Waals surface area contributed by atoms with E-state index in [4.69, 9.17) is 5.10 Å². The number of imidazole rings is 1. The Kier molecular flexibility index (Phi) is 4.51. The van der Waals surface area contributed by atoms with Crippen LogP contribution in [-0.2, 0) is 12.8 Å². The highest BCUT2D eigenvalue weighted by atomic mass is 19.1. The number of rotatable bonds is 3. The van der Waals surface area contributed by atoms with Crippen LogP contribution in [-0.4, -0.2) is 45.4 Å². The molecule has 0 bridgehead atoms. The molecule has 2 aliphatic heterocycles. The fourth-order valence-electron chi connectivity index (χ4n) is 6.15. The van der Waals surface area contributed by atoms with Gasteiger partial charge in [-0.15, -0.1) is 0 Å². The van der Waals surface area contributed by atoms with Crippen LogP contribution in [0.2, 0.25) is 0 Å². The first-order valence-electron chi connectivity index (χ1n) is 12.7. The van der Waals surface area contributed by atoms with E-state index in [2.05, 4.69) is 50.9 Å². The molecule has 4 aliphatic rings. The summed E-state index contributed by atoms with van der Waals surface area (Å²) in [5.41, 5.74) is 9.38. The number of aromatic nitrogens is 2. The lowest BCUT2D eigenvalue weighted by Gasteiger charge is -2.46. The van der Waals surface area contributed by atoms with E-state index in [9.17, 15) is 4.39 Å². The van der Waals surface area contributed by atoms with Gasteiger partial charge in [-0.3, -0.25) is 5.01 Å². The maximum atomic E-state index is 13.7. The Hall–Kier alpha value is -3.41. The number of hydrazone groups is 1. The summed E-state index contributed by atoms with van der Waals surface area (Å²) in [5.74, 6) is 0.907. The average molecular weight is 468 g/mol. The minimum absolute atomic E-state index is 0.184. The zero-order chi connectivity index (χ0) is 23.7. The number of nitrogens with zero attached hydrogens (tertiary/aromatic N) is 5. The maximum absolute atomic E-state index is 13.7. The number of piperidine rings is 1. The predicted molar refractivity (Wildman–Crippen MR) is 136 cm³/mol. The molecule has 0 radical (unpaired) electrons. The molecule has 1 unspecified atom stereocenters. The molecule has 1 saturated carbocycles. The van der Waals surface area contributed by atoms with Gasteiger partial charge in [0.2, 0.25) is 0 Å². The van der Waals surface area contributed by atoms with Crippen LogP contribution in [0.3, 0.4) is 0 Å². The Morgan fingerprint density at radius 3 is 2.54 bits per heavy atom. The van der Waals surface area contributed by atoms with Crippen LogP contribution in [0.4, 0.5) is 4.39 Å². The molecule has 2 fully saturated rings. The lowest BCUT2D eigenvalue weighted by molar-refractivity contribution is 0.156. The second kappa shape index (κ2) is 7.54. The summed E-state index contributed by atoms with van der Waals surface area (Å²) in [6.45, 7) is 3.88. The number of benzene rings is 2. The van der Waals surface area contributed by atoms with Crippen LogP contribution < -0.4 is 0 Å². The molecule has 2 aliphatic carbocycles. The zero-order valence-electron chi connectivity index (χ0n) is 20.3. The highest BCUT2D eigenvalue weighted by molar-refractivity contribution is 6.03. The van der Waals surface area contributed by atoms with Gasteiger partial charge in [0.1, 0.15) is 5.82 Å². The van der Waals surface area contributed by atoms with Crippen molar-refractivity contribution in [3.63, 3.8) is 0 Å². The Balaban J connectivity index is 1.28. The molecular formula is C29H30FN5. The Bertz CT molecular complexity index is 1380. The fraction of sp³-hybridized carbons (Fsp3) is 0.379. The lowest BCUT2D eigenvalue weighted by Crippen LogP contribution is -2.51. The highest BCUT2D eigenvalue weighted by Gasteiger charge is 2.51. The molecule has 1 spiro atoms. The van der Waals surface area contributed by atoms with Crippen molar-refractivity contribution in [3.05, 3.63) is 88.3 Å². The van der Waals surface area contributed by atoms with Crippen LogP contribution in [0.25, 0.3) is 11.8 Å². The van der Waals surface area contributed by atoms with Gasteiger partial charge in [0.15, 0.2) is 5.84 Å². The molecule has 1 aromatic heterocycles. The third kappa shape index (κ3) is 3.49. The molecule has 1 saturated heterocycles. The summed E-state index contributed by atoms with van der Waals surface area (Å²) in [5, 5.41) is 7.08. The molecule has 35 heavy (non-hydrogen) atoms. The average Bonchev–Trinajstić information content (AvgIpc) is 3.41. The standard InChI is InChI=1S/C29H30FN5/c1-19-15-34(18-31-19)26-10-5-21(24-8-9-25(24)26)13-22-14-29(11-12-29)17-35-27(16-33(2)32-28(22)35)20-3-6-23(30)7-4-20/h3-7,10,13,15,18,27H,8-9,11-12,14,16-17H2,1-2H3. The Labute approximate surface area is 205 Å². The quantitative estimate of drug-likeness (QED) is 0.525. The van der Waals surface area contributed by atoms with E-state index in [-0.39, 0.29) is 11.9 Å². The van der Waals surface area contributed by atoms with Crippen molar-refractivity contribution in [2.75, 3.05) is 20.1 Å². The van der Waals surface area contributed by atoms with Crippen molar-refractivity contribution in [2.45, 2.75) is 45.1 Å². The van der Waals surface area contributed by atoms with Gasteiger partial charge in [-0.1, -0.05) is 18.2 Å². The van der Waals surface area contributed by atoms with Gasteiger partial charge in [-0.25, -0.2) is 9.37 Å². The summed E-state index contributed by atoms with van der Waals surface area (Å²) in [6, 6.07) is 11.7. The Morgan fingerprint density at radius 1 is 1.06 bits per heavy atom. The van der Waals surface area contributed by atoms with Gasteiger partial charge >= 0.3 is 0 Å². The molecule has 0 amide bonds. The highest BCUT2D eigenvalue weighted by Crippen LogP contribution is 2.56.